The van der Waals surface area contributed by atoms with E-state index in [2.05, 4.69) is 26.0 Å². The van der Waals surface area contributed by atoms with E-state index in [0.29, 0.717) is 12.1 Å². The summed E-state index contributed by atoms with van der Waals surface area (Å²) in [5, 5.41) is 0. The van der Waals surface area contributed by atoms with E-state index in [1.807, 2.05) is 11.3 Å². The van der Waals surface area contributed by atoms with E-state index in [9.17, 15) is 0 Å². The Hall–Kier alpha value is 0.139. The number of aliphatic imine (C=N–C) groups is 2. The molecule has 0 unspecified atom stereocenters. The fourth-order valence-corrected chi connectivity index (χ4v) is 4.73. The van der Waals surface area contributed by atoms with Crippen molar-refractivity contribution >= 4 is 43.0 Å². The van der Waals surface area contributed by atoms with Gasteiger partial charge in [-0.15, -0.1) is 11.3 Å². The third-order valence-corrected chi connectivity index (χ3v) is 6.52. The third-order valence-electron chi connectivity index (χ3n) is 5.22. The first kappa shape index (κ1) is 22.4. The number of thiophene rings is 1. The number of hydrogen-bond acceptors (Lipinski definition) is 3. The van der Waals surface area contributed by atoms with Crippen LogP contribution in [0.5, 0.6) is 0 Å². The maximum absolute atomic E-state index is 4.98. The molecule has 2 aliphatic carbocycles. The fourth-order valence-electron chi connectivity index (χ4n) is 3.82. The molecule has 0 spiro atoms. The van der Waals surface area contributed by atoms with Crippen molar-refractivity contribution < 1.29 is 13.1 Å². The summed E-state index contributed by atoms with van der Waals surface area (Å²) in [6.07, 6.45) is 13.3. The Balaban J connectivity index is 0.000000758. The zero-order chi connectivity index (χ0) is 18.8. The monoisotopic (exact) mass is 456 g/mol. The van der Waals surface area contributed by atoms with Crippen molar-refractivity contribution in [2.75, 3.05) is 0 Å². The molecule has 0 saturated heterocycles. The Morgan fingerprint density at radius 1 is 0.808 bits per heavy atom. The van der Waals surface area contributed by atoms with E-state index in [1.54, 1.807) is 0 Å². The summed E-state index contributed by atoms with van der Waals surface area (Å²) in [5.74, 6) is 0. The van der Waals surface area contributed by atoms with Gasteiger partial charge in [0.05, 0.1) is 12.1 Å². The fraction of sp³-hybridized carbons (Fsp3) is 0.700. The van der Waals surface area contributed by atoms with Crippen LogP contribution in [-0.4, -0.2) is 23.5 Å². The van der Waals surface area contributed by atoms with Crippen LogP contribution >= 0.6 is 31.5 Å². The Labute approximate surface area is 177 Å². The molecule has 0 aromatic carbocycles. The Kier molecular flexibility index (Phi) is 10.8. The number of nitrogens with zero attached hydrogens (tertiary/aromatic N) is 2. The molecule has 0 radical (unpaired) electrons. The quantitative estimate of drug-likeness (QED) is 0.332. The average Bonchev–Trinajstić information content (AvgIpc) is 3.15. The predicted octanol–water partition coefficient (Wildman–Crippen LogP) is 7.41. The molecule has 1 heterocycles. The van der Waals surface area contributed by atoms with Crippen LogP contribution in [0.4, 0.5) is 0 Å². The van der Waals surface area contributed by atoms with Crippen molar-refractivity contribution in [3.63, 3.8) is 0 Å². The molecule has 2 saturated carbocycles. The summed E-state index contributed by atoms with van der Waals surface area (Å²) in [4.78, 5) is 12.6. The van der Waals surface area contributed by atoms with Gasteiger partial charge in [0.2, 0.25) is 0 Å². The van der Waals surface area contributed by atoms with E-state index in [0.717, 1.165) is 0 Å². The minimum atomic E-state index is 0.194. The summed E-state index contributed by atoms with van der Waals surface area (Å²) in [6, 6.07) is 5.60. The Bertz CT molecular complexity index is 540. The van der Waals surface area contributed by atoms with Crippen LogP contribution in [0.1, 0.15) is 87.8 Å². The van der Waals surface area contributed by atoms with Gasteiger partial charge in [-0.3, -0.25) is 9.98 Å². The van der Waals surface area contributed by atoms with E-state index >= 15 is 0 Å². The summed E-state index contributed by atoms with van der Waals surface area (Å²) in [6.45, 7) is 4.36. The standard InChI is InChI=1S/C20H30N2S.2ClH.Fe/c1-15(21-17-9-5-3-6-10-17)19-13-14-20(23-19)16(2)22-18-11-7-4-8-12-18;;;/h13-14,17-18H,3-12H2,1-2H3;2*1H;/q;;;+2/p-2. The molecule has 26 heavy (non-hydrogen) atoms. The average molecular weight is 457 g/mol. The first-order valence-electron chi connectivity index (χ1n) is 9.68. The van der Waals surface area contributed by atoms with Gasteiger partial charge in [-0.1, -0.05) is 38.5 Å². The molecule has 0 amide bonds. The number of rotatable bonds is 4. The molecular weight excluding hydrogens is 427 g/mol. The summed E-state index contributed by atoms with van der Waals surface area (Å²) in [5.41, 5.74) is 2.44. The summed E-state index contributed by atoms with van der Waals surface area (Å²) in [7, 11) is 9.53. The van der Waals surface area contributed by atoms with E-state index in [-0.39, 0.29) is 13.1 Å². The molecule has 3 rings (SSSR count). The molecule has 2 nitrogen and oxygen atoms in total. The van der Waals surface area contributed by atoms with Crippen LogP contribution in [0.3, 0.4) is 0 Å². The zero-order valence-electron chi connectivity index (χ0n) is 15.8. The van der Waals surface area contributed by atoms with E-state index in [4.69, 9.17) is 30.2 Å². The summed E-state index contributed by atoms with van der Waals surface area (Å²) < 4.78 is 0. The molecule has 6 heteroatoms. The van der Waals surface area contributed by atoms with Crippen molar-refractivity contribution in [2.45, 2.75) is 90.1 Å². The van der Waals surface area contributed by atoms with Gasteiger partial charge >= 0.3 is 33.3 Å². The molecule has 2 aliphatic rings. The third kappa shape index (κ3) is 7.64. The van der Waals surface area contributed by atoms with Crippen molar-refractivity contribution in [3.05, 3.63) is 21.9 Å². The molecule has 148 valence electrons. The Morgan fingerprint density at radius 3 is 1.50 bits per heavy atom. The first-order chi connectivity index (χ1) is 12.6. The number of halogens is 2. The van der Waals surface area contributed by atoms with Gasteiger partial charge in [0, 0.05) is 21.2 Å². The second-order valence-corrected chi connectivity index (χ2v) is 10.1. The van der Waals surface area contributed by atoms with Gasteiger partial charge in [-0.25, -0.2) is 0 Å². The van der Waals surface area contributed by atoms with Gasteiger partial charge in [-0.05, 0) is 51.7 Å². The molecule has 0 N–H and O–H groups in total. The van der Waals surface area contributed by atoms with Crippen molar-refractivity contribution in [2.24, 2.45) is 9.98 Å². The predicted molar refractivity (Wildman–Crippen MR) is 114 cm³/mol. The normalized spacial score (nSPS) is 20.8. The van der Waals surface area contributed by atoms with Crippen LogP contribution < -0.4 is 0 Å². The van der Waals surface area contributed by atoms with Crippen molar-refractivity contribution in [1.29, 1.82) is 0 Å². The Morgan fingerprint density at radius 2 is 1.15 bits per heavy atom. The maximum atomic E-state index is 4.98. The topological polar surface area (TPSA) is 24.7 Å². The first-order valence-corrected chi connectivity index (χ1v) is 13.5. The van der Waals surface area contributed by atoms with Crippen LogP contribution in [0.15, 0.2) is 22.1 Å². The van der Waals surface area contributed by atoms with Crippen molar-refractivity contribution in [1.82, 2.24) is 0 Å². The second-order valence-electron chi connectivity index (χ2n) is 7.23. The molecule has 0 atom stereocenters. The minimum absolute atomic E-state index is 0.194. The van der Waals surface area contributed by atoms with Gasteiger partial charge in [0.1, 0.15) is 0 Å². The van der Waals surface area contributed by atoms with Crippen LogP contribution in [0, 0.1) is 0 Å². The molecule has 1 aromatic rings. The van der Waals surface area contributed by atoms with Gasteiger partial charge < -0.3 is 0 Å². The summed E-state index contributed by atoms with van der Waals surface area (Å²) >= 11 is 2.06. The molecule has 2 fully saturated rings. The molecule has 0 bridgehead atoms. The van der Waals surface area contributed by atoms with Crippen LogP contribution in [0.2, 0.25) is 0 Å². The van der Waals surface area contributed by atoms with Crippen LogP contribution in [0.25, 0.3) is 0 Å². The van der Waals surface area contributed by atoms with Gasteiger partial charge in [0.15, 0.2) is 0 Å². The van der Waals surface area contributed by atoms with Gasteiger partial charge in [-0.2, -0.15) is 0 Å². The van der Waals surface area contributed by atoms with E-state index < -0.39 is 0 Å². The second kappa shape index (κ2) is 12.6. The van der Waals surface area contributed by atoms with Gasteiger partial charge in [0.25, 0.3) is 0 Å². The molecule has 1 aromatic heterocycles. The zero-order valence-corrected chi connectivity index (χ0v) is 19.2. The molecule has 0 aliphatic heterocycles. The van der Waals surface area contributed by atoms with Crippen molar-refractivity contribution in [3.8, 4) is 0 Å². The number of hydrogen-bond donors (Lipinski definition) is 0. The van der Waals surface area contributed by atoms with E-state index in [1.165, 1.54) is 85.4 Å². The van der Waals surface area contributed by atoms with Crippen LogP contribution in [-0.2, 0) is 13.1 Å². The SMILES string of the molecule is CC(=NC1CCCCC1)c1ccc(C(C)=NC2CCCCC2)s1.[Cl][Fe][Cl]. The molecular formula is C20H30Cl2FeN2S.